The summed E-state index contributed by atoms with van der Waals surface area (Å²) in [5, 5.41) is 10.0. The molecule has 1 aromatic carbocycles. The molecule has 0 fully saturated rings. The summed E-state index contributed by atoms with van der Waals surface area (Å²) in [6, 6.07) is 9.59. The summed E-state index contributed by atoms with van der Waals surface area (Å²) in [4.78, 5) is 11.9. The van der Waals surface area contributed by atoms with E-state index in [2.05, 4.69) is 6.92 Å². The molecule has 0 heterocycles. The second-order valence-electron chi connectivity index (χ2n) is 5.65. The first kappa shape index (κ1) is 17.7. The highest BCUT2D eigenvalue weighted by Gasteiger charge is 2.22. The van der Waals surface area contributed by atoms with Crippen LogP contribution < -0.4 is 0 Å². The Morgan fingerprint density at radius 1 is 1.14 bits per heavy atom. The van der Waals surface area contributed by atoms with Crippen LogP contribution in [0.25, 0.3) is 0 Å². The van der Waals surface area contributed by atoms with Gasteiger partial charge >= 0.3 is 5.97 Å². The van der Waals surface area contributed by atoms with E-state index in [0.717, 1.165) is 18.4 Å². The molecule has 1 rings (SSSR count). The largest absolute Gasteiger partial charge is 0.461 e. The van der Waals surface area contributed by atoms with E-state index in [4.69, 9.17) is 4.74 Å². The molecule has 0 bridgehead atoms. The van der Waals surface area contributed by atoms with Crippen molar-refractivity contribution in [2.24, 2.45) is 5.92 Å². The molecule has 2 atom stereocenters. The van der Waals surface area contributed by atoms with Gasteiger partial charge in [-0.2, -0.15) is 0 Å². The minimum Gasteiger partial charge on any atom is -0.461 e. The summed E-state index contributed by atoms with van der Waals surface area (Å²) in [6.45, 7) is 4.19. The van der Waals surface area contributed by atoms with Crippen molar-refractivity contribution < 1.29 is 14.6 Å². The first-order valence-corrected chi connectivity index (χ1v) is 8.03. The van der Waals surface area contributed by atoms with Crippen molar-refractivity contribution in [3.63, 3.8) is 0 Å². The lowest BCUT2D eigenvalue weighted by molar-refractivity contribution is -0.153. The van der Waals surface area contributed by atoms with Gasteiger partial charge in [0.15, 0.2) is 0 Å². The zero-order valence-corrected chi connectivity index (χ0v) is 13.3. The van der Waals surface area contributed by atoms with E-state index in [0.29, 0.717) is 6.42 Å². The molecule has 0 radical (unpaired) electrons. The molecule has 0 aliphatic heterocycles. The Morgan fingerprint density at radius 2 is 1.81 bits per heavy atom. The number of aliphatic hydroxyl groups is 1. The Morgan fingerprint density at radius 3 is 2.48 bits per heavy atom. The number of carbonyl (C=O) groups is 1. The zero-order valence-electron chi connectivity index (χ0n) is 13.3. The molecular weight excluding hydrogens is 264 g/mol. The van der Waals surface area contributed by atoms with Gasteiger partial charge in [-0.15, -0.1) is 0 Å². The Kier molecular flexibility index (Phi) is 8.76. The maximum Gasteiger partial charge on any atom is 0.311 e. The first-order valence-electron chi connectivity index (χ1n) is 8.03. The van der Waals surface area contributed by atoms with Crippen LogP contribution in [-0.2, 0) is 16.1 Å². The van der Waals surface area contributed by atoms with Gasteiger partial charge in [0, 0.05) is 0 Å². The highest BCUT2D eigenvalue weighted by molar-refractivity contribution is 5.72. The highest BCUT2D eigenvalue weighted by atomic mass is 16.5. The number of carbonyl (C=O) groups excluding carboxylic acids is 1. The van der Waals surface area contributed by atoms with Gasteiger partial charge in [-0.25, -0.2) is 0 Å². The first-order chi connectivity index (χ1) is 10.1. The second kappa shape index (κ2) is 10.4. The van der Waals surface area contributed by atoms with Crippen LogP contribution in [0.5, 0.6) is 0 Å². The smallest absolute Gasteiger partial charge is 0.311 e. The third-order valence-corrected chi connectivity index (χ3v) is 3.78. The summed E-state index contributed by atoms with van der Waals surface area (Å²) in [6.07, 6.45) is 5.82. The molecule has 3 heteroatoms. The Labute approximate surface area is 128 Å². The molecule has 0 spiro atoms. The molecule has 21 heavy (non-hydrogen) atoms. The lowest BCUT2D eigenvalue weighted by Gasteiger charge is -2.17. The molecule has 0 aromatic heterocycles. The third kappa shape index (κ3) is 7.28. The topological polar surface area (TPSA) is 46.5 Å². The van der Waals surface area contributed by atoms with Crippen molar-refractivity contribution in [2.75, 3.05) is 0 Å². The molecule has 0 aliphatic carbocycles. The van der Waals surface area contributed by atoms with E-state index in [1.807, 2.05) is 30.3 Å². The van der Waals surface area contributed by atoms with E-state index in [9.17, 15) is 9.90 Å². The lowest BCUT2D eigenvalue weighted by atomic mass is 9.98. The molecule has 0 saturated heterocycles. The van der Waals surface area contributed by atoms with Crippen LogP contribution >= 0.6 is 0 Å². The van der Waals surface area contributed by atoms with Gasteiger partial charge in [-0.1, -0.05) is 69.4 Å². The van der Waals surface area contributed by atoms with E-state index >= 15 is 0 Å². The number of unbranched alkanes of at least 4 members (excludes halogenated alkanes) is 4. The van der Waals surface area contributed by atoms with Crippen LogP contribution in [0, 0.1) is 5.92 Å². The van der Waals surface area contributed by atoms with Crippen LogP contribution in [0.1, 0.15) is 57.9 Å². The minimum absolute atomic E-state index is 0.271. The maximum absolute atomic E-state index is 11.9. The number of hydrogen-bond acceptors (Lipinski definition) is 3. The van der Waals surface area contributed by atoms with Crippen molar-refractivity contribution in [3.8, 4) is 0 Å². The molecule has 0 unspecified atom stereocenters. The Hall–Kier alpha value is -1.35. The molecule has 1 N–H and O–H groups in total. The Bertz CT molecular complexity index is 389. The van der Waals surface area contributed by atoms with E-state index < -0.39 is 12.0 Å². The van der Waals surface area contributed by atoms with Crippen LogP contribution in [0.2, 0.25) is 0 Å². The number of esters is 1. The molecule has 118 valence electrons. The number of hydrogen-bond donors (Lipinski definition) is 1. The summed E-state index contributed by atoms with van der Waals surface area (Å²) < 4.78 is 5.26. The molecule has 1 aromatic rings. The molecular formula is C18H28O3. The summed E-state index contributed by atoms with van der Waals surface area (Å²) in [5.74, 6) is -0.778. The van der Waals surface area contributed by atoms with Gasteiger partial charge in [0.1, 0.15) is 6.61 Å². The summed E-state index contributed by atoms with van der Waals surface area (Å²) >= 11 is 0. The van der Waals surface area contributed by atoms with Gasteiger partial charge < -0.3 is 9.84 Å². The summed E-state index contributed by atoms with van der Waals surface area (Å²) in [7, 11) is 0. The zero-order chi connectivity index (χ0) is 15.5. The molecule has 0 aliphatic rings. The van der Waals surface area contributed by atoms with E-state index in [1.165, 1.54) is 19.3 Å². The highest BCUT2D eigenvalue weighted by Crippen LogP contribution is 2.15. The predicted molar refractivity (Wildman–Crippen MR) is 84.8 cm³/mol. The lowest BCUT2D eigenvalue weighted by Crippen LogP contribution is -2.27. The fraction of sp³-hybridized carbons (Fsp3) is 0.611. The van der Waals surface area contributed by atoms with Gasteiger partial charge in [-0.3, -0.25) is 4.79 Å². The van der Waals surface area contributed by atoms with Crippen LogP contribution in [0.4, 0.5) is 0 Å². The molecule has 0 amide bonds. The van der Waals surface area contributed by atoms with Gasteiger partial charge in [0.2, 0.25) is 0 Å². The number of aliphatic hydroxyl groups excluding tert-OH is 1. The molecule has 0 saturated carbocycles. The second-order valence-corrected chi connectivity index (χ2v) is 5.65. The molecule has 3 nitrogen and oxygen atoms in total. The average molecular weight is 292 g/mol. The minimum atomic E-state index is -0.602. The quantitative estimate of drug-likeness (QED) is 0.522. The van der Waals surface area contributed by atoms with Crippen LogP contribution in [0.15, 0.2) is 30.3 Å². The average Bonchev–Trinajstić information content (AvgIpc) is 2.52. The summed E-state index contributed by atoms with van der Waals surface area (Å²) in [5.41, 5.74) is 0.965. The number of ether oxygens (including phenoxy) is 1. The van der Waals surface area contributed by atoms with Crippen LogP contribution in [0.3, 0.4) is 0 Å². The maximum atomic E-state index is 11.9. The van der Waals surface area contributed by atoms with Crippen molar-refractivity contribution >= 4 is 5.97 Å². The predicted octanol–water partition coefficient (Wildman–Crippen LogP) is 4.09. The van der Waals surface area contributed by atoms with Crippen molar-refractivity contribution in [1.29, 1.82) is 0 Å². The van der Waals surface area contributed by atoms with Crippen molar-refractivity contribution in [2.45, 2.75) is 65.1 Å². The van der Waals surface area contributed by atoms with Crippen LogP contribution in [-0.4, -0.2) is 17.2 Å². The standard InChI is InChI=1S/C18H28O3/c1-3-4-5-6-10-13-17(19)15(2)18(20)21-14-16-11-8-7-9-12-16/h7-9,11-12,15,17,19H,3-6,10,13-14H2,1-2H3/t15-,17+/m0/s1. The van der Waals surface area contributed by atoms with Gasteiger partial charge in [0.05, 0.1) is 12.0 Å². The van der Waals surface area contributed by atoms with Gasteiger partial charge in [0.25, 0.3) is 0 Å². The van der Waals surface area contributed by atoms with E-state index in [1.54, 1.807) is 6.92 Å². The fourth-order valence-electron chi connectivity index (χ4n) is 2.22. The fourth-order valence-corrected chi connectivity index (χ4v) is 2.22. The Balaban J connectivity index is 2.23. The normalized spacial score (nSPS) is 13.7. The SMILES string of the molecule is CCCCCCC[C@@H](O)[C@H](C)C(=O)OCc1ccccc1. The number of benzene rings is 1. The number of rotatable bonds is 10. The van der Waals surface area contributed by atoms with E-state index in [-0.39, 0.29) is 12.6 Å². The van der Waals surface area contributed by atoms with Gasteiger partial charge in [-0.05, 0) is 18.9 Å². The van der Waals surface area contributed by atoms with Crippen molar-refractivity contribution in [3.05, 3.63) is 35.9 Å². The third-order valence-electron chi connectivity index (χ3n) is 3.78. The monoisotopic (exact) mass is 292 g/mol. The van der Waals surface area contributed by atoms with Crippen molar-refractivity contribution in [1.82, 2.24) is 0 Å².